The highest BCUT2D eigenvalue weighted by Gasteiger charge is 2.18. The highest BCUT2D eigenvalue weighted by molar-refractivity contribution is 7.71. The maximum Gasteiger partial charge on any atom is 0.271 e. The summed E-state index contributed by atoms with van der Waals surface area (Å²) in [6, 6.07) is 6.09. The van der Waals surface area contributed by atoms with Gasteiger partial charge in [-0.2, -0.15) is 5.10 Å². The molecule has 0 atom stereocenters. The summed E-state index contributed by atoms with van der Waals surface area (Å²) in [6.07, 6.45) is 3.92. The molecular formula is C20H19N5O6S. The quantitative estimate of drug-likeness (QED) is 0.277. The molecule has 0 saturated carbocycles. The summed E-state index contributed by atoms with van der Waals surface area (Å²) >= 11 is 5.22. The lowest BCUT2D eigenvalue weighted by Gasteiger charge is -2.16. The Bertz CT molecular complexity index is 1260. The van der Waals surface area contributed by atoms with Gasteiger partial charge in [-0.05, 0) is 24.4 Å². The van der Waals surface area contributed by atoms with Crippen molar-refractivity contribution >= 4 is 24.3 Å². The van der Waals surface area contributed by atoms with E-state index >= 15 is 0 Å². The molecular weight excluding hydrogens is 438 g/mol. The number of nitrogens with zero attached hydrogens (tertiary/aromatic N) is 3. The van der Waals surface area contributed by atoms with E-state index < -0.39 is 17.3 Å². The van der Waals surface area contributed by atoms with Gasteiger partial charge in [-0.25, -0.2) is 5.43 Å². The molecule has 0 aliphatic carbocycles. The summed E-state index contributed by atoms with van der Waals surface area (Å²) < 4.78 is 17.0. The van der Waals surface area contributed by atoms with Crippen LogP contribution in [0.4, 0.5) is 0 Å². The summed E-state index contributed by atoms with van der Waals surface area (Å²) in [5.74, 6) is -0.0509. The van der Waals surface area contributed by atoms with Crippen LogP contribution in [0.2, 0.25) is 0 Å². The molecule has 0 unspecified atom stereocenters. The minimum Gasteiger partial charge on any atom is -0.494 e. The number of ether oxygens (including phenoxy) is 3. The fourth-order valence-corrected chi connectivity index (χ4v) is 3.10. The largest absolute Gasteiger partial charge is 0.494 e. The van der Waals surface area contributed by atoms with Crippen molar-refractivity contribution in [2.24, 2.45) is 5.10 Å². The number of hydrazone groups is 1. The highest BCUT2D eigenvalue weighted by atomic mass is 32.1. The van der Waals surface area contributed by atoms with Gasteiger partial charge in [-0.3, -0.25) is 24.1 Å². The molecule has 0 saturated heterocycles. The van der Waals surface area contributed by atoms with E-state index in [4.69, 9.17) is 26.4 Å². The molecule has 3 aromatic rings. The van der Waals surface area contributed by atoms with Crippen molar-refractivity contribution in [1.29, 1.82) is 0 Å². The number of carbonyl (C=O) groups is 1. The number of H-pyrrole nitrogens is 1. The first kappa shape index (κ1) is 22.5. The van der Waals surface area contributed by atoms with Crippen molar-refractivity contribution < 1.29 is 24.1 Å². The molecule has 0 spiro atoms. The van der Waals surface area contributed by atoms with Gasteiger partial charge in [0.2, 0.25) is 11.6 Å². The molecule has 0 radical (unpaired) electrons. The molecule has 32 heavy (non-hydrogen) atoms. The number of aromatic nitrogens is 3. The third kappa shape index (κ3) is 4.44. The number of amides is 1. The Hall–Kier alpha value is -4.19. The molecule has 1 aromatic carbocycles. The van der Waals surface area contributed by atoms with Crippen molar-refractivity contribution in [3.8, 4) is 28.8 Å². The van der Waals surface area contributed by atoms with Crippen molar-refractivity contribution in [2.45, 2.75) is 0 Å². The zero-order chi connectivity index (χ0) is 23.3. The van der Waals surface area contributed by atoms with Gasteiger partial charge >= 0.3 is 0 Å². The van der Waals surface area contributed by atoms with Crippen LogP contribution >= 0.6 is 12.2 Å². The number of hydrogen-bond acceptors (Lipinski definition) is 9. The van der Waals surface area contributed by atoms with Crippen LogP contribution in [-0.4, -0.2) is 53.1 Å². The third-order valence-corrected chi connectivity index (χ3v) is 4.62. The number of benzene rings is 1. The maximum atomic E-state index is 12.4. The Morgan fingerprint density at radius 1 is 1.19 bits per heavy atom. The lowest BCUT2D eigenvalue weighted by atomic mass is 10.2. The summed E-state index contributed by atoms with van der Waals surface area (Å²) in [7, 11) is 4.34. The van der Waals surface area contributed by atoms with Crippen LogP contribution in [0.15, 0.2) is 46.6 Å². The van der Waals surface area contributed by atoms with Gasteiger partial charge in [-0.15, -0.1) is 0 Å². The first-order valence-electron chi connectivity index (χ1n) is 9.03. The van der Waals surface area contributed by atoms with E-state index in [1.165, 1.54) is 50.4 Å². The summed E-state index contributed by atoms with van der Waals surface area (Å²) in [5, 5.41) is 14.5. The van der Waals surface area contributed by atoms with Gasteiger partial charge in [0.25, 0.3) is 11.5 Å². The minimum atomic E-state index is -0.696. The van der Waals surface area contributed by atoms with Gasteiger partial charge in [0.1, 0.15) is 5.56 Å². The molecule has 12 heteroatoms. The molecule has 166 valence electrons. The molecule has 11 nitrogen and oxygen atoms in total. The minimum absolute atomic E-state index is 0.0836. The van der Waals surface area contributed by atoms with Crippen LogP contribution in [0, 0.1) is 4.77 Å². The van der Waals surface area contributed by atoms with Crippen LogP contribution in [0.25, 0.3) is 5.69 Å². The molecule has 0 aliphatic heterocycles. The van der Waals surface area contributed by atoms with E-state index in [9.17, 15) is 14.7 Å². The molecule has 3 N–H and O–H groups in total. The second-order valence-electron chi connectivity index (χ2n) is 6.15. The molecule has 1 amide bonds. The normalized spacial score (nSPS) is 10.7. The highest BCUT2D eigenvalue weighted by Crippen LogP contribution is 2.40. The molecule has 0 fully saturated rings. The summed E-state index contributed by atoms with van der Waals surface area (Å²) in [4.78, 5) is 30.7. The molecule has 2 aromatic heterocycles. The fraction of sp³-hybridized carbons (Fsp3) is 0.150. The Morgan fingerprint density at radius 3 is 2.38 bits per heavy atom. The van der Waals surface area contributed by atoms with E-state index in [1.807, 2.05) is 0 Å². The zero-order valence-corrected chi connectivity index (χ0v) is 18.1. The average molecular weight is 457 g/mol. The Labute approximate surface area is 186 Å². The number of methoxy groups -OCH3 is 3. The summed E-state index contributed by atoms with van der Waals surface area (Å²) in [6.45, 7) is 0. The Morgan fingerprint density at radius 2 is 1.81 bits per heavy atom. The lowest BCUT2D eigenvalue weighted by Crippen LogP contribution is -2.21. The fourth-order valence-electron chi connectivity index (χ4n) is 2.81. The first-order valence-corrected chi connectivity index (χ1v) is 9.44. The predicted molar refractivity (Wildman–Crippen MR) is 118 cm³/mol. The van der Waals surface area contributed by atoms with Gasteiger partial charge in [0.05, 0.1) is 33.2 Å². The summed E-state index contributed by atoms with van der Waals surface area (Å²) in [5.41, 5.74) is 1.99. The van der Waals surface area contributed by atoms with Gasteiger partial charge in [0, 0.05) is 30.1 Å². The van der Waals surface area contributed by atoms with E-state index in [0.29, 0.717) is 28.5 Å². The SMILES string of the molecule is COc1cc(-n2c(O)c(C=NNC(=O)c3ccncc3)c(=O)[nH]c2=S)cc(OC)c1OC. The monoisotopic (exact) mass is 457 g/mol. The predicted octanol–water partition coefficient (Wildman–Crippen LogP) is 1.79. The van der Waals surface area contributed by atoms with Crippen LogP contribution in [0.5, 0.6) is 23.1 Å². The number of pyridine rings is 1. The molecule has 3 rings (SSSR count). The first-order chi connectivity index (χ1) is 15.4. The van der Waals surface area contributed by atoms with Crippen LogP contribution < -0.4 is 25.2 Å². The standard InChI is InChI=1S/C20H19N5O6S/c1-29-14-8-12(9-15(30-2)16(14)31-3)25-19(28)13(18(27)23-20(25)32)10-22-24-17(26)11-4-6-21-7-5-11/h4-10,28H,1-3H3,(H,24,26)(H,23,27,32). The smallest absolute Gasteiger partial charge is 0.271 e. The van der Waals surface area contributed by atoms with Crippen molar-refractivity contribution in [3.05, 3.63) is 62.9 Å². The topological polar surface area (TPSA) is 140 Å². The van der Waals surface area contributed by atoms with Gasteiger partial charge in [0.15, 0.2) is 16.3 Å². The number of nitrogens with one attached hydrogen (secondary N) is 2. The van der Waals surface area contributed by atoms with Gasteiger partial charge in [-0.1, -0.05) is 0 Å². The number of carbonyl (C=O) groups excluding carboxylic acids is 1. The van der Waals surface area contributed by atoms with E-state index in [-0.39, 0.29) is 10.3 Å². The van der Waals surface area contributed by atoms with Crippen molar-refractivity contribution in [3.63, 3.8) is 0 Å². The van der Waals surface area contributed by atoms with Crippen LogP contribution in [0.1, 0.15) is 15.9 Å². The molecule has 2 heterocycles. The van der Waals surface area contributed by atoms with Gasteiger partial charge < -0.3 is 19.3 Å². The van der Waals surface area contributed by atoms with Crippen molar-refractivity contribution in [1.82, 2.24) is 20.0 Å². The Kier molecular flexibility index (Phi) is 6.85. The number of aromatic hydroxyl groups is 1. The van der Waals surface area contributed by atoms with Crippen LogP contribution in [0.3, 0.4) is 0 Å². The lowest BCUT2D eigenvalue weighted by molar-refractivity contribution is 0.0955. The third-order valence-electron chi connectivity index (χ3n) is 4.33. The second-order valence-corrected chi connectivity index (χ2v) is 6.54. The number of hydrogen-bond donors (Lipinski definition) is 3. The van der Waals surface area contributed by atoms with E-state index in [1.54, 1.807) is 12.1 Å². The van der Waals surface area contributed by atoms with Crippen LogP contribution in [-0.2, 0) is 0 Å². The zero-order valence-electron chi connectivity index (χ0n) is 17.3. The van der Waals surface area contributed by atoms with E-state index in [0.717, 1.165) is 6.21 Å². The molecule has 0 bridgehead atoms. The van der Waals surface area contributed by atoms with Crippen molar-refractivity contribution in [2.75, 3.05) is 21.3 Å². The number of rotatable bonds is 7. The molecule has 0 aliphatic rings. The average Bonchev–Trinajstić information content (AvgIpc) is 2.80. The maximum absolute atomic E-state index is 12.4. The number of aromatic amines is 1. The van der Waals surface area contributed by atoms with E-state index in [2.05, 4.69) is 20.5 Å². The second kappa shape index (κ2) is 9.75. The Balaban J connectivity index is 2.03.